The average molecular weight is 463 g/mol. The molecule has 1 aliphatic rings. The van der Waals surface area contributed by atoms with E-state index in [9.17, 15) is 0 Å². The summed E-state index contributed by atoms with van der Waals surface area (Å²) in [6.45, 7) is 3.83. The van der Waals surface area contributed by atoms with Gasteiger partial charge in [-0.3, -0.25) is 4.90 Å². The molecule has 0 amide bonds. The molecule has 5 aromatic rings. The van der Waals surface area contributed by atoms with Crippen molar-refractivity contribution in [2.75, 3.05) is 31.1 Å². The summed E-state index contributed by atoms with van der Waals surface area (Å²) in [6.07, 6.45) is 1.71. The molecule has 1 saturated heterocycles. The van der Waals surface area contributed by atoms with E-state index in [0.717, 1.165) is 36.8 Å². The van der Waals surface area contributed by atoms with Crippen LogP contribution in [0, 0.1) is 0 Å². The molecule has 3 aromatic carbocycles. The van der Waals surface area contributed by atoms with Crippen LogP contribution in [-0.4, -0.2) is 41.0 Å². The number of hydrogen-bond acceptors (Lipinski definition) is 5. The highest BCUT2D eigenvalue weighted by atomic mass is 32.1. The second-order valence-electron chi connectivity index (χ2n) is 8.64. The Balaban J connectivity index is 1.30. The topological polar surface area (TPSA) is 32.3 Å². The number of nitrogens with zero attached hydrogens (tertiary/aromatic N) is 4. The lowest BCUT2D eigenvalue weighted by atomic mass is 9.96. The van der Waals surface area contributed by atoms with E-state index in [2.05, 4.69) is 111 Å². The van der Waals surface area contributed by atoms with Crippen LogP contribution in [0.1, 0.15) is 17.2 Å². The average Bonchev–Trinajstić information content (AvgIpc) is 3.36. The molecule has 1 fully saturated rings. The van der Waals surface area contributed by atoms with Gasteiger partial charge in [-0.05, 0) is 16.7 Å². The lowest BCUT2D eigenvalue weighted by Gasteiger charge is -2.40. The van der Waals surface area contributed by atoms with Crippen molar-refractivity contribution in [2.24, 2.45) is 0 Å². The van der Waals surface area contributed by atoms with Crippen molar-refractivity contribution >= 4 is 27.4 Å². The molecule has 0 saturated carbocycles. The Morgan fingerprint density at radius 2 is 1.26 bits per heavy atom. The van der Waals surface area contributed by atoms with Gasteiger partial charge in [0.25, 0.3) is 0 Å². The largest absolute Gasteiger partial charge is 0.353 e. The summed E-state index contributed by atoms with van der Waals surface area (Å²) < 4.78 is 0. The molecule has 5 heteroatoms. The molecule has 0 radical (unpaired) electrons. The molecule has 4 nitrogen and oxygen atoms in total. The number of rotatable bonds is 5. The minimum Gasteiger partial charge on any atom is -0.353 e. The zero-order valence-electron chi connectivity index (χ0n) is 18.9. The van der Waals surface area contributed by atoms with Crippen LogP contribution in [0.3, 0.4) is 0 Å². The second kappa shape index (κ2) is 9.37. The van der Waals surface area contributed by atoms with E-state index in [4.69, 9.17) is 4.98 Å². The van der Waals surface area contributed by atoms with E-state index in [1.807, 2.05) is 0 Å². The Kier molecular flexibility index (Phi) is 5.79. The van der Waals surface area contributed by atoms with Crippen LogP contribution in [0.2, 0.25) is 0 Å². The maximum Gasteiger partial charge on any atom is 0.141 e. The molecule has 1 aliphatic heterocycles. The van der Waals surface area contributed by atoms with Crippen LogP contribution < -0.4 is 4.90 Å². The SMILES string of the molecule is c1ccc(-c2csc3ncnc(N4CCN(C(c5ccccc5)c5ccccc5)CC4)c23)cc1. The summed E-state index contributed by atoms with van der Waals surface area (Å²) in [6, 6.07) is 32.6. The highest BCUT2D eigenvalue weighted by Crippen LogP contribution is 2.38. The highest BCUT2D eigenvalue weighted by molar-refractivity contribution is 7.17. The maximum absolute atomic E-state index is 4.78. The third kappa shape index (κ3) is 3.98. The predicted octanol–water partition coefficient (Wildman–Crippen LogP) is 6.27. The van der Waals surface area contributed by atoms with Crippen molar-refractivity contribution in [3.8, 4) is 11.1 Å². The molecule has 0 N–H and O–H groups in total. The third-order valence-electron chi connectivity index (χ3n) is 6.64. The summed E-state index contributed by atoms with van der Waals surface area (Å²) in [5.74, 6) is 1.06. The van der Waals surface area contributed by atoms with Gasteiger partial charge >= 0.3 is 0 Å². The van der Waals surface area contributed by atoms with Crippen molar-refractivity contribution in [1.29, 1.82) is 0 Å². The first-order chi connectivity index (χ1) is 16.9. The fraction of sp³-hybridized carbons (Fsp3) is 0.172. The van der Waals surface area contributed by atoms with Gasteiger partial charge in [0.05, 0.1) is 11.4 Å². The highest BCUT2D eigenvalue weighted by Gasteiger charge is 2.28. The first-order valence-electron chi connectivity index (χ1n) is 11.7. The van der Waals surface area contributed by atoms with Crippen LogP contribution in [0.5, 0.6) is 0 Å². The van der Waals surface area contributed by atoms with Gasteiger partial charge in [-0.2, -0.15) is 0 Å². The van der Waals surface area contributed by atoms with E-state index in [1.54, 1.807) is 17.7 Å². The minimum absolute atomic E-state index is 0.260. The molecule has 0 aliphatic carbocycles. The van der Waals surface area contributed by atoms with E-state index >= 15 is 0 Å². The zero-order valence-corrected chi connectivity index (χ0v) is 19.7. The van der Waals surface area contributed by atoms with Crippen molar-refractivity contribution in [1.82, 2.24) is 14.9 Å². The summed E-state index contributed by atoms with van der Waals surface area (Å²) in [5.41, 5.74) is 5.13. The Hall–Kier alpha value is -3.54. The minimum atomic E-state index is 0.260. The van der Waals surface area contributed by atoms with E-state index < -0.39 is 0 Å². The van der Waals surface area contributed by atoms with Gasteiger partial charge in [-0.25, -0.2) is 9.97 Å². The monoisotopic (exact) mass is 462 g/mol. The summed E-state index contributed by atoms with van der Waals surface area (Å²) in [5, 5.41) is 3.39. The Morgan fingerprint density at radius 3 is 1.88 bits per heavy atom. The first kappa shape index (κ1) is 21.0. The number of fused-ring (bicyclic) bond motifs is 1. The maximum atomic E-state index is 4.78. The summed E-state index contributed by atoms with van der Waals surface area (Å²) >= 11 is 1.70. The number of hydrogen-bond donors (Lipinski definition) is 0. The molecule has 6 rings (SSSR count). The molecule has 34 heavy (non-hydrogen) atoms. The fourth-order valence-electron chi connectivity index (χ4n) is 5.01. The van der Waals surface area contributed by atoms with Crippen molar-refractivity contribution < 1.29 is 0 Å². The zero-order chi connectivity index (χ0) is 22.7. The second-order valence-corrected chi connectivity index (χ2v) is 9.50. The van der Waals surface area contributed by atoms with Crippen LogP contribution in [0.4, 0.5) is 5.82 Å². The molecule has 168 valence electrons. The van der Waals surface area contributed by atoms with Crippen LogP contribution >= 0.6 is 11.3 Å². The number of thiophene rings is 1. The van der Waals surface area contributed by atoms with Gasteiger partial charge in [0, 0.05) is 37.1 Å². The number of benzene rings is 3. The van der Waals surface area contributed by atoms with Crippen molar-refractivity contribution in [3.05, 3.63) is 114 Å². The smallest absolute Gasteiger partial charge is 0.141 e. The normalized spacial score (nSPS) is 14.7. The lowest BCUT2D eigenvalue weighted by molar-refractivity contribution is 0.212. The van der Waals surface area contributed by atoms with Gasteiger partial charge < -0.3 is 4.90 Å². The lowest BCUT2D eigenvalue weighted by Crippen LogP contribution is -2.48. The van der Waals surface area contributed by atoms with E-state index in [0.29, 0.717) is 0 Å². The van der Waals surface area contributed by atoms with Gasteiger partial charge in [0.2, 0.25) is 0 Å². The number of aromatic nitrogens is 2. The Morgan fingerprint density at radius 1 is 0.676 bits per heavy atom. The Bertz CT molecular complexity index is 1320. The van der Waals surface area contributed by atoms with Crippen LogP contribution in [0.25, 0.3) is 21.3 Å². The molecule has 2 aromatic heterocycles. The molecule has 0 bridgehead atoms. The van der Waals surface area contributed by atoms with E-state index in [1.165, 1.54) is 27.6 Å². The standard InChI is InChI=1S/C29H26N4S/c1-4-10-22(11-5-1)25-20-34-29-26(25)28(30-21-31-29)33-18-16-32(17-19-33)27(23-12-6-2-7-13-23)24-14-8-3-9-15-24/h1-15,20-21,27H,16-19H2. The molecule has 0 unspecified atom stereocenters. The molecule has 0 spiro atoms. The quantitative estimate of drug-likeness (QED) is 0.308. The molecule has 3 heterocycles. The number of piperazine rings is 1. The number of anilines is 1. The van der Waals surface area contributed by atoms with Crippen molar-refractivity contribution in [3.63, 3.8) is 0 Å². The molecular weight excluding hydrogens is 436 g/mol. The van der Waals surface area contributed by atoms with Crippen LogP contribution in [0.15, 0.2) is 103 Å². The third-order valence-corrected chi connectivity index (χ3v) is 7.53. The van der Waals surface area contributed by atoms with Gasteiger partial charge in [0.1, 0.15) is 17.0 Å². The molecular formula is C29H26N4S. The fourth-order valence-corrected chi connectivity index (χ4v) is 5.92. The van der Waals surface area contributed by atoms with Crippen molar-refractivity contribution in [2.45, 2.75) is 6.04 Å². The molecule has 0 atom stereocenters. The van der Waals surface area contributed by atoms with E-state index in [-0.39, 0.29) is 6.04 Å². The Labute approximate surface area is 204 Å². The summed E-state index contributed by atoms with van der Waals surface area (Å²) in [7, 11) is 0. The van der Waals surface area contributed by atoms with Crippen LogP contribution in [-0.2, 0) is 0 Å². The van der Waals surface area contributed by atoms with Gasteiger partial charge in [-0.1, -0.05) is 91.0 Å². The summed E-state index contributed by atoms with van der Waals surface area (Å²) in [4.78, 5) is 15.4. The van der Waals surface area contributed by atoms with Gasteiger partial charge in [0.15, 0.2) is 0 Å². The van der Waals surface area contributed by atoms with Gasteiger partial charge in [-0.15, -0.1) is 11.3 Å². The predicted molar refractivity (Wildman–Crippen MR) is 141 cm³/mol. The first-order valence-corrected chi connectivity index (χ1v) is 12.6.